The van der Waals surface area contributed by atoms with Gasteiger partial charge in [-0.25, -0.2) is 0 Å². The van der Waals surface area contributed by atoms with Crippen molar-refractivity contribution in [3.63, 3.8) is 0 Å². The van der Waals surface area contributed by atoms with E-state index in [9.17, 15) is 0 Å². The maximum atomic E-state index is 3.58. The standard InChI is InChI=1S/C14H24N2/c1-14(2,3)8-10-16-9-4-5-13(16)11-15-12-6-7-12/h4-5,9,12,15H,6-8,10-11H2,1-3H3. The van der Waals surface area contributed by atoms with Crippen LogP contribution in [-0.2, 0) is 13.1 Å². The first-order valence-corrected chi connectivity index (χ1v) is 6.42. The van der Waals surface area contributed by atoms with Gasteiger partial charge in [-0.15, -0.1) is 0 Å². The molecule has 0 aromatic carbocycles. The average molecular weight is 220 g/mol. The van der Waals surface area contributed by atoms with Gasteiger partial charge >= 0.3 is 0 Å². The molecule has 0 aliphatic heterocycles. The van der Waals surface area contributed by atoms with Gasteiger partial charge in [-0.3, -0.25) is 0 Å². The smallest absolute Gasteiger partial charge is 0.0361 e. The Balaban J connectivity index is 1.85. The minimum Gasteiger partial charge on any atom is -0.350 e. The molecule has 1 fully saturated rings. The van der Waals surface area contributed by atoms with Crippen LogP contribution in [0.5, 0.6) is 0 Å². The third-order valence-corrected chi connectivity index (χ3v) is 3.18. The summed E-state index contributed by atoms with van der Waals surface area (Å²) in [6, 6.07) is 5.19. The van der Waals surface area contributed by atoms with Crippen molar-refractivity contribution >= 4 is 0 Å². The Kier molecular flexibility index (Phi) is 3.38. The molecule has 0 saturated heterocycles. The van der Waals surface area contributed by atoms with Gasteiger partial charge < -0.3 is 9.88 Å². The monoisotopic (exact) mass is 220 g/mol. The summed E-state index contributed by atoms with van der Waals surface area (Å²) in [6.45, 7) is 9.08. The van der Waals surface area contributed by atoms with E-state index >= 15 is 0 Å². The molecule has 1 aliphatic rings. The predicted molar refractivity (Wildman–Crippen MR) is 68.4 cm³/mol. The fourth-order valence-corrected chi connectivity index (χ4v) is 1.82. The van der Waals surface area contributed by atoms with Gasteiger partial charge in [0.2, 0.25) is 0 Å². The lowest BCUT2D eigenvalue weighted by Gasteiger charge is -2.19. The highest BCUT2D eigenvalue weighted by Crippen LogP contribution is 2.21. The molecule has 0 spiro atoms. The van der Waals surface area contributed by atoms with Crippen LogP contribution < -0.4 is 5.32 Å². The Labute approximate surface area is 99.0 Å². The minimum absolute atomic E-state index is 0.422. The highest BCUT2D eigenvalue weighted by Gasteiger charge is 2.20. The largest absolute Gasteiger partial charge is 0.350 e. The summed E-state index contributed by atoms with van der Waals surface area (Å²) in [7, 11) is 0. The Morgan fingerprint density at radius 1 is 1.38 bits per heavy atom. The predicted octanol–water partition coefficient (Wildman–Crippen LogP) is 3.18. The number of hydrogen-bond acceptors (Lipinski definition) is 1. The van der Waals surface area contributed by atoms with E-state index in [4.69, 9.17) is 0 Å². The topological polar surface area (TPSA) is 17.0 Å². The molecule has 1 aliphatic carbocycles. The zero-order valence-electron chi connectivity index (χ0n) is 10.8. The highest BCUT2D eigenvalue weighted by atomic mass is 15.0. The molecule has 1 N–H and O–H groups in total. The molecule has 1 heterocycles. The van der Waals surface area contributed by atoms with Gasteiger partial charge in [0.05, 0.1) is 0 Å². The molecule has 0 amide bonds. The molecule has 2 rings (SSSR count). The van der Waals surface area contributed by atoms with Gasteiger partial charge in [-0.2, -0.15) is 0 Å². The van der Waals surface area contributed by atoms with Crippen LogP contribution in [0.25, 0.3) is 0 Å². The van der Waals surface area contributed by atoms with Gasteiger partial charge in [0, 0.05) is 31.0 Å². The highest BCUT2D eigenvalue weighted by molar-refractivity contribution is 5.07. The molecule has 0 unspecified atom stereocenters. The number of nitrogens with zero attached hydrogens (tertiary/aromatic N) is 1. The molecule has 0 atom stereocenters. The van der Waals surface area contributed by atoms with Crippen molar-refractivity contribution in [2.45, 2.75) is 59.2 Å². The van der Waals surface area contributed by atoms with Crippen molar-refractivity contribution in [3.8, 4) is 0 Å². The fourth-order valence-electron chi connectivity index (χ4n) is 1.82. The summed E-state index contributed by atoms with van der Waals surface area (Å²) in [6.07, 6.45) is 6.17. The van der Waals surface area contributed by atoms with E-state index in [1.807, 2.05) is 0 Å². The van der Waals surface area contributed by atoms with Crippen LogP contribution in [0.15, 0.2) is 18.3 Å². The van der Waals surface area contributed by atoms with Crippen LogP contribution >= 0.6 is 0 Å². The van der Waals surface area contributed by atoms with E-state index in [2.05, 4.69) is 49.0 Å². The van der Waals surface area contributed by atoms with Gasteiger partial charge in [0.15, 0.2) is 0 Å². The van der Waals surface area contributed by atoms with Gasteiger partial charge in [0.25, 0.3) is 0 Å². The van der Waals surface area contributed by atoms with E-state index in [1.165, 1.54) is 25.0 Å². The first-order valence-electron chi connectivity index (χ1n) is 6.42. The van der Waals surface area contributed by atoms with Crippen LogP contribution in [-0.4, -0.2) is 10.6 Å². The first kappa shape index (κ1) is 11.7. The maximum Gasteiger partial charge on any atom is 0.0361 e. The Hall–Kier alpha value is -0.760. The van der Waals surface area contributed by atoms with Crippen molar-refractivity contribution in [3.05, 3.63) is 24.0 Å². The molecule has 0 radical (unpaired) electrons. The summed E-state index contributed by atoms with van der Waals surface area (Å²) in [5.41, 5.74) is 1.85. The Morgan fingerprint density at radius 3 is 2.75 bits per heavy atom. The van der Waals surface area contributed by atoms with Crippen molar-refractivity contribution in [1.82, 2.24) is 9.88 Å². The van der Waals surface area contributed by atoms with Crippen LogP contribution in [0.4, 0.5) is 0 Å². The molecule has 1 aromatic heterocycles. The molecule has 2 nitrogen and oxygen atoms in total. The second-order valence-electron chi connectivity index (χ2n) is 6.16. The molecular formula is C14H24N2. The molecule has 1 aromatic rings. The normalized spacial score (nSPS) is 16.7. The van der Waals surface area contributed by atoms with E-state index < -0.39 is 0 Å². The van der Waals surface area contributed by atoms with Crippen molar-refractivity contribution in [2.24, 2.45) is 5.41 Å². The SMILES string of the molecule is CC(C)(C)CCn1cccc1CNC1CC1. The lowest BCUT2D eigenvalue weighted by atomic mass is 9.92. The van der Waals surface area contributed by atoms with E-state index in [-0.39, 0.29) is 0 Å². The summed E-state index contributed by atoms with van der Waals surface area (Å²) >= 11 is 0. The van der Waals surface area contributed by atoms with Gasteiger partial charge in [-0.1, -0.05) is 20.8 Å². The van der Waals surface area contributed by atoms with Crippen LogP contribution in [0.2, 0.25) is 0 Å². The zero-order chi connectivity index (χ0) is 11.6. The van der Waals surface area contributed by atoms with Crippen molar-refractivity contribution in [2.75, 3.05) is 0 Å². The molecule has 16 heavy (non-hydrogen) atoms. The van der Waals surface area contributed by atoms with Crippen LogP contribution in [0.3, 0.4) is 0 Å². The Bertz CT molecular complexity index is 329. The van der Waals surface area contributed by atoms with E-state index in [0.717, 1.165) is 19.1 Å². The molecule has 2 heteroatoms. The minimum atomic E-state index is 0.422. The molecule has 1 saturated carbocycles. The summed E-state index contributed by atoms with van der Waals surface area (Å²) < 4.78 is 2.39. The van der Waals surface area contributed by atoms with Crippen LogP contribution in [0, 0.1) is 5.41 Å². The second-order valence-corrected chi connectivity index (χ2v) is 6.16. The van der Waals surface area contributed by atoms with Gasteiger partial charge in [-0.05, 0) is 36.8 Å². The number of aromatic nitrogens is 1. The summed E-state index contributed by atoms with van der Waals surface area (Å²) in [5.74, 6) is 0. The lowest BCUT2D eigenvalue weighted by Crippen LogP contribution is -2.19. The average Bonchev–Trinajstić information content (AvgIpc) is 2.90. The van der Waals surface area contributed by atoms with Gasteiger partial charge in [0.1, 0.15) is 0 Å². The summed E-state index contributed by atoms with van der Waals surface area (Å²) in [4.78, 5) is 0. The fraction of sp³-hybridized carbons (Fsp3) is 0.714. The first-order chi connectivity index (χ1) is 7.54. The summed E-state index contributed by atoms with van der Waals surface area (Å²) in [5, 5.41) is 3.58. The van der Waals surface area contributed by atoms with E-state index in [1.54, 1.807) is 0 Å². The third kappa shape index (κ3) is 3.67. The van der Waals surface area contributed by atoms with Crippen LogP contribution in [0.1, 0.15) is 45.7 Å². The molecular weight excluding hydrogens is 196 g/mol. The maximum absolute atomic E-state index is 3.58. The number of rotatable bonds is 5. The quantitative estimate of drug-likeness (QED) is 0.806. The van der Waals surface area contributed by atoms with E-state index in [0.29, 0.717) is 5.41 Å². The molecule has 90 valence electrons. The zero-order valence-corrected chi connectivity index (χ0v) is 10.8. The number of nitrogens with one attached hydrogen (secondary N) is 1. The lowest BCUT2D eigenvalue weighted by molar-refractivity contribution is 0.347. The number of aryl methyl sites for hydroxylation is 1. The Morgan fingerprint density at radius 2 is 2.12 bits per heavy atom. The molecule has 0 bridgehead atoms. The second kappa shape index (κ2) is 4.62. The third-order valence-electron chi connectivity index (χ3n) is 3.18. The van der Waals surface area contributed by atoms with Crippen molar-refractivity contribution in [1.29, 1.82) is 0 Å². The number of hydrogen-bond donors (Lipinski definition) is 1. The van der Waals surface area contributed by atoms with Crippen molar-refractivity contribution < 1.29 is 0 Å².